The van der Waals surface area contributed by atoms with Gasteiger partial charge in [0.2, 0.25) is 0 Å². The number of carbonyl (C=O) groups excluding carboxylic acids is 4. The minimum atomic E-state index is -0.774. The number of rotatable bonds is 3. The minimum absolute atomic E-state index is 0.0866. The number of allylic oxidation sites excluding steroid dienone is 1. The molecule has 6 saturated carbocycles. The highest BCUT2D eigenvalue weighted by Gasteiger charge is 2.85. The van der Waals surface area contributed by atoms with Crippen molar-refractivity contribution in [1.29, 1.82) is 0 Å². The van der Waals surface area contributed by atoms with E-state index < -0.39 is 40.4 Å². The van der Waals surface area contributed by atoms with Gasteiger partial charge in [-0.3, -0.25) is 14.4 Å². The first kappa shape index (κ1) is 23.3. The van der Waals surface area contributed by atoms with Crippen molar-refractivity contribution in [1.82, 2.24) is 4.90 Å². The van der Waals surface area contributed by atoms with Gasteiger partial charge in [-0.2, -0.15) is 0 Å². The molecule has 1 heterocycles. The van der Waals surface area contributed by atoms with Crippen LogP contribution in [0.4, 0.5) is 0 Å². The van der Waals surface area contributed by atoms with Crippen LogP contribution in [0.5, 0.6) is 0 Å². The second kappa shape index (κ2) is 7.19. The fourth-order valence-corrected chi connectivity index (χ4v) is 10.8. The topological polar surface area (TPSA) is 90.0 Å². The quantitative estimate of drug-likeness (QED) is 0.462. The number of esters is 2. The largest absolute Gasteiger partial charge is 0.459 e. The van der Waals surface area contributed by atoms with Crippen molar-refractivity contribution in [3.05, 3.63) is 48.0 Å². The predicted octanol–water partition coefficient (Wildman–Crippen LogP) is 3.22. The summed E-state index contributed by atoms with van der Waals surface area (Å²) in [6, 6.07) is 8.70. The van der Waals surface area contributed by atoms with Crippen LogP contribution in [-0.4, -0.2) is 60.2 Å². The summed E-state index contributed by atoms with van der Waals surface area (Å²) in [6.45, 7) is 8.15. The number of fused-ring (bicyclic) bond motifs is 1. The van der Waals surface area contributed by atoms with Gasteiger partial charge in [0.25, 0.3) is 0 Å². The van der Waals surface area contributed by atoms with Gasteiger partial charge in [-0.05, 0) is 49.8 Å². The van der Waals surface area contributed by atoms with Gasteiger partial charge < -0.3 is 14.4 Å². The molecule has 1 aromatic rings. The number of Topliss-reactive ketones (excluding diaryl/α,β-unsaturated/α-hetero) is 2. The van der Waals surface area contributed by atoms with Crippen LogP contribution >= 0.6 is 0 Å². The Kier molecular flexibility index (Phi) is 4.53. The third-order valence-corrected chi connectivity index (χ3v) is 11.2. The molecule has 7 nitrogen and oxygen atoms in total. The SMILES string of the molecule is C=C1C[C@@]23CC(=O)[C@@H]4[C@@]5(C)CN(C)[C@@H]6[C@H]2C(=O)[C@@H]1C[C@H]3[C@]46C[C@@H](OC(C)=O)[C@H]5OC(=O)c1ccccc1. The number of carbonyl (C=O) groups is 4. The Hall–Kier alpha value is -2.80. The molecular weight excluding hydrogens is 470 g/mol. The first-order valence-corrected chi connectivity index (χ1v) is 13.4. The first-order chi connectivity index (χ1) is 17.5. The summed E-state index contributed by atoms with van der Waals surface area (Å²) >= 11 is 0. The van der Waals surface area contributed by atoms with Crippen LogP contribution in [0.1, 0.15) is 49.9 Å². The molecule has 0 radical (unpaired) electrons. The molecule has 0 aromatic heterocycles. The lowest BCUT2D eigenvalue weighted by atomic mass is 9.39. The zero-order chi connectivity index (χ0) is 26.1. The summed E-state index contributed by atoms with van der Waals surface area (Å²) in [5.74, 6) is -1.03. The normalized spacial score (nSPS) is 47.1. The third-order valence-electron chi connectivity index (χ3n) is 11.2. The van der Waals surface area contributed by atoms with Crippen molar-refractivity contribution >= 4 is 23.5 Å². The Balaban J connectivity index is 1.39. The molecule has 1 aliphatic heterocycles. The Morgan fingerprint density at radius 1 is 1.11 bits per heavy atom. The number of likely N-dealkylation sites (tertiary alicyclic amines) is 1. The molecule has 0 amide bonds. The molecule has 194 valence electrons. The maximum Gasteiger partial charge on any atom is 0.338 e. The summed E-state index contributed by atoms with van der Waals surface area (Å²) in [6.07, 6.45) is 0.801. The molecule has 8 rings (SSSR count). The molecule has 6 aliphatic carbocycles. The maximum absolute atomic E-state index is 14.2. The van der Waals surface area contributed by atoms with Crippen molar-refractivity contribution in [2.75, 3.05) is 13.6 Å². The van der Waals surface area contributed by atoms with E-state index >= 15 is 0 Å². The molecule has 1 aromatic carbocycles. The first-order valence-electron chi connectivity index (χ1n) is 13.4. The molecule has 10 atom stereocenters. The van der Waals surface area contributed by atoms with E-state index in [0.717, 1.165) is 18.4 Å². The van der Waals surface area contributed by atoms with Crippen LogP contribution in [0.2, 0.25) is 0 Å². The zero-order valence-electron chi connectivity index (χ0n) is 21.6. The van der Waals surface area contributed by atoms with E-state index in [4.69, 9.17) is 9.47 Å². The second-order valence-corrected chi connectivity index (χ2v) is 12.9. The van der Waals surface area contributed by atoms with Crippen molar-refractivity contribution in [3.63, 3.8) is 0 Å². The molecule has 7 heteroatoms. The van der Waals surface area contributed by atoms with Crippen LogP contribution in [0, 0.1) is 39.9 Å². The van der Waals surface area contributed by atoms with Crippen LogP contribution in [0.15, 0.2) is 42.5 Å². The standard InChI is InChI=1S/C30H33NO6/c1-15-11-29-12-19(33)24-28(3)14-31(4)25-22(29)23(34)18(15)10-21(29)30(24,25)13-20(36-16(2)32)26(28)37-27(35)17-8-6-5-7-9-17/h5-9,18,20-22,24-26H,1,10-14H2,2-4H3/t18-,20-,21-,22-,24-,25-,26-,28-,29+,30-/m1/s1. The molecule has 1 saturated heterocycles. The van der Waals surface area contributed by atoms with Crippen LogP contribution in [0.25, 0.3) is 0 Å². The van der Waals surface area contributed by atoms with Gasteiger partial charge in [0.15, 0.2) is 0 Å². The van der Waals surface area contributed by atoms with Gasteiger partial charge in [0.05, 0.1) is 5.56 Å². The highest BCUT2D eigenvalue weighted by Crippen LogP contribution is 2.81. The van der Waals surface area contributed by atoms with Crippen molar-refractivity contribution in [2.24, 2.45) is 39.9 Å². The van der Waals surface area contributed by atoms with E-state index in [9.17, 15) is 19.2 Å². The molecule has 7 fully saturated rings. The van der Waals surface area contributed by atoms with Gasteiger partial charge in [-0.1, -0.05) is 37.3 Å². The smallest absolute Gasteiger partial charge is 0.338 e. The average molecular weight is 504 g/mol. The lowest BCUT2D eigenvalue weighted by Gasteiger charge is -2.68. The predicted molar refractivity (Wildman–Crippen MR) is 132 cm³/mol. The number of ether oxygens (including phenoxy) is 2. The number of piperidine rings is 1. The molecule has 2 spiro atoms. The number of ketones is 2. The summed E-state index contributed by atoms with van der Waals surface area (Å²) in [4.78, 5) is 56.0. The average Bonchev–Trinajstić information content (AvgIpc) is 2.92. The fourth-order valence-electron chi connectivity index (χ4n) is 10.8. The number of hydrogen-bond donors (Lipinski definition) is 0. The van der Waals surface area contributed by atoms with E-state index in [1.54, 1.807) is 24.3 Å². The second-order valence-electron chi connectivity index (χ2n) is 12.9. The van der Waals surface area contributed by atoms with E-state index in [0.29, 0.717) is 24.9 Å². The summed E-state index contributed by atoms with van der Waals surface area (Å²) in [5, 5.41) is 0. The van der Waals surface area contributed by atoms with Gasteiger partial charge in [-0.15, -0.1) is 0 Å². The number of nitrogens with zero attached hydrogens (tertiary/aromatic N) is 1. The molecule has 7 aliphatic rings. The minimum Gasteiger partial charge on any atom is -0.459 e. The van der Waals surface area contributed by atoms with Crippen molar-refractivity contribution in [2.45, 2.75) is 57.8 Å². The Morgan fingerprint density at radius 3 is 2.54 bits per heavy atom. The molecule has 37 heavy (non-hydrogen) atoms. The lowest BCUT2D eigenvalue weighted by molar-refractivity contribution is -0.245. The molecule has 0 N–H and O–H groups in total. The van der Waals surface area contributed by atoms with E-state index in [1.165, 1.54) is 6.92 Å². The van der Waals surface area contributed by atoms with Gasteiger partial charge in [0, 0.05) is 54.5 Å². The summed E-state index contributed by atoms with van der Waals surface area (Å²) in [7, 11) is 2.05. The fraction of sp³-hybridized carbons (Fsp3) is 0.600. The highest BCUT2D eigenvalue weighted by atomic mass is 16.6. The summed E-state index contributed by atoms with van der Waals surface area (Å²) < 4.78 is 12.2. The van der Waals surface area contributed by atoms with Crippen LogP contribution < -0.4 is 0 Å². The molecule has 6 bridgehead atoms. The number of hydrogen-bond acceptors (Lipinski definition) is 7. The van der Waals surface area contributed by atoms with Crippen molar-refractivity contribution in [3.8, 4) is 0 Å². The zero-order valence-corrected chi connectivity index (χ0v) is 21.6. The molecule has 0 unspecified atom stereocenters. The molecular formula is C30H33NO6. The highest BCUT2D eigenvalue weighted by molar-refractivity contribution is 5.96. The summed E-state index contributed by atoms with van der Waals surface area (Å²) in [5.41, 5.74) is -0.255. The van der Waals surface area contributed by atoms with Gasteiger partial charge in [0.1, 0.15) is 23.8 Å². The third kappa shape index (κ3) is 2.61. The van der Waals surface area contributed by atoms with Gasteiger partial charge >= 0.3 is 11.9 Å². The van der Waals surface area contributed by atoms with E-state index in [1.807, 2.05) is 13.0 Å². The Labute approximate surface area is 216 Å². The van der Waals surface area contributed by atoms with Crippen LogP contribution in [0.3, 0.4) is 0 Å². The Morgan fingerprint density at radius 2 is 1.84 bits per heavy atom. The maximum atomic E-state index is 14.2. The number of benzene rings is 1. The van der Waals surface area contributed by atoms with Crippen LogP contribution in [-0.2, 0) is 23.9 Å². The lowest BCUT2D eigenvalue weighted by Crippen LogP contribution is -2.75. The van der Waals surface area contributed by atoms with E-state index in [2.05, 4.69) is 18.5 Å². The van der Waals surface area contributed by atoms with Gasteiger partial charge in [-0.25, -0.2) is 4.79 Å². The van der Waals surface area contributed by atoms with E-state index in [-0.39, 0.29) is 41.3 Å². The Bertz CT molecular complexity index is 1270. The van der Waals surface area contributed by atoms with Crippen molar-refractivity contribution < 1.29 is 28.7 Å². The monoisotopic (exact) mass is 503 g/mol.